The summed E-state index contributed by atoms with van der Waals surface area (Å²) in [7, 11) is 0. The highest BCUT2D eigenvalue weighted by molar-refractivity contribution is 6.00. The van der Waals surface area contributed by atoms with Crippen molar-refractivity contribution in [2.24, 2.45) is 11.8 Å². The number of non-ortho nitro benzene ring substituents is 1. The van der Waals surface area contributed by atoms with Crippen LogP contribution in [-0.4, -0.2) is 55.5 Å². The molecule has 0 bridgehead atoms. The Labute approximate surface area is 158 Å². The van der Waals surface area contributed by atoms with Gasteiger partial charge in [0.05, 0.1) is 23.0 Å². The number of aliphatic hydroxyl groups is 1. The maximum atomic E-state index is 12.4. The van der Waals surface area contributed by atoms with Crippen molar-refractivity contribution in [2.45, 2.75) is 25.5 Å². The third-order valence-corrected chi connectivity index (χ3v) is 5.22. The van der Waals surface area contributed by atoms with Crippen molar-refractivity contribution < 1.29 is 29.6 Å². The van der Waals surface area contributed by atoms with E-state index in [0.29, 0.717) is 5.56 Å². The van der Waals surface area contributed by atoms with Gasteiger partial charge in [-0.3, -0.25) is 25.0 Å². The van der Waals surface area contributed by atoms with E-state index >= 15 is 0 Å². The summed E-state index contributed by atoms with van der Waals surface area (Å²) in [5.74, 6) is -3.56. The summed E-state index contributed by atoms with van der Waals surface area (Å²) in [4.78, 5) is 45.8. The molecule has 148 valence electrons. The van der Waals surface area contributed by atoms with E-state index in [2.05, 4.69) is 0 Å². The highest BCUT2D eigenvalue weighted by Crippen LogP contribution is 2.48. The van der Waals surface area contributed by atoms with Gasteiger partial charge in [-0.1, -0.05) is 12.1 Å². The molecule has 1 fully saturated rings. The topological polar surface area (TPSA) is 164 Å². The summed E-state index contributed by atoms with van der Waals surface area (Å²) in [5, 5.41) is 41.4. The molecule has 0 radical (unpaired) electrons. The van der Waals surface area contributed by atoms with Crippen LogP contribution in [0.2, 0.25) is 0 Å². The van der Waals surface area contributed by atoms with Crippen molar-refractivity contribution in [3.63, 3.8) is 0 Å². The van der Waals surface area contributed by atoms with E-state index in [4.69, 9.17) is 0 Å². The highest BCUT2D eigenvalue weighted by atomic mass is 16.6. The number of fused-ring (bicyclic) bond motifs is 1. The van der Waals surface area contributed by atoms with Crippen LogP contribution in [0.1, 0.15) is 12.5 Å². The Bertz CT molecular complexity index is 892. The van der Waals surface area contributed by atoms with E-state index in [1.807, 2.05) is 0 Å². The number of β-lactam (4-membered cyclic amide) rings is 1. The molecule has 11 nitrogen and oxygen atoms in total. The molecule has 2 aliphatic rings. The summed E-state index contributed by atoms with van der Waals surface area (Å²) in [6.07, 6.45) is -0.895. The van der Waals surface area contributed by atoms with Gasteiger partial charge in [-0.05, 0) is 18.9 Å². The molecule has 11 heteroatoms. The van der Waals surface area contributed by atoms with Crippen molar-refractivity contribution in [1.29, 1.82) is 0 Å². The number of nitrogens with zero attached hydrogens (tertiary/aromatic N) is 3. The van der Waals surface area contributed by atoms with Crippen LogP contribution in [0.25, 0.3) is 0 Å². The molecule has 1 saturated heterocycles. The number of benzene rings is 1. The molecular formula is C17H17N3O8. The molecule has 0 saturated carbocycles. The van der Waals surface area contributed by atoms with Gasteiger partial charge in [0.1, 0.15) is 5.70 Å². The average molecular weight is 391 g/mol. The van der Waals surface area contributed by atoms with Gasteiger partial charge in [-0.25, -0.2) is 4.79 Å². The number of carbonyl (C=O) groups is 2. The van der Waals surface area contributed by atoms with Gasteiger partial charge >= 0.3 is 5.97 Å². The first kappa shape index (κ1) is 19.4. The molecule has 28 heavy (non-hydrogen) atoms. The number of rotatable bonds is 7. The van der Waals surface area contributed by atoms with Crippen LogP contribution in [-0.2, 0) is 16.0 Å². The highest BCUT2D eigenvalue weighted by Gasteiger charge is 2.61. The monoisotopic (exact) mass is 391 g/mol. The lowest BCUT2D eigenvalue weighted by Gasteiger charge is -2.47. The summed E-state index contributed by atoms with van der Waals surface area (Å²) in [6.45, 7) is 0.668. The Hall–Kier alpha value is -3.34. The minimum atomic E-state index is -1.44. The fourth-order valence-electron chi connectivity index (χ4n) is 4.07. The van der Waals surface area contributed by atoms with Gasteiger partial charge in [0, 0.05) is 28.5 Å². The molecule has 0 aliphatic carbocycles. The smallest absolute Gasteiger partial charge is 0.352 e. The first-order valence-electron chi connectivity index (χ1n) is 8.46. The number of amides is 1. The maximum absolute atomic E-state index is 12.4. The van der Waals surface area contributed by atoms with E-state index in [-0.39, 0.29) is 17.7 Å². The van der Waals surface area contributed by atoms with Crippen molar-refractivity contribution in [2.75, 3.05) is 6.54 Å². The fourth-order valence-corrected chi connectivity index (χ4v) is 4.07. The molecule has 2 heterocycles. The number of carbonyl (C=O) groups excluding carboxylic acids is 1. The second-order valence-corrected chi connectivity index (χ2v) is 6.87. The maximum Gasteiger partial charge on any atom is 0.352 e. The number of nitro groups is 2. The third-order valence-electron chi connectivity index (χ3n) is 5.22. The number of carboxylic acids is 1. The molecule has 2 N–H and O–H groups in total. The van der Waals surface area contributed by atoms with Crippen LogP contribution in [0.3, 0.4) is 0 Å². The Morgan fingerprint density at radius 3 is 2.32 bits per heavy atom. The first-order chi connectivity index (χ1) is 13.1. The largest absolute Gasteiger partial charge is 0.477 e. The zero-order valence-corrected chi connectivity index (χ0v) is 14.7. The zero-order chi connectivity index (χ0) is 20.7. The number of nitro benzene ring substituents is 1. The minimum Gasteiger partial charge on any atom is -0.477 e. The predicted molar refractivity (Wildman–Crippen MR) is 92.6 cm³/mol. The number of aliphatic hydroxyl groups excluding tert-OH is 1. The van der Waals surface area contributed by atoms with Gasteiger partial charge in [-0.15, -0.1) is 0 Å². The summed E-state index contributed by atoms with van der Waals surface area (Å²) in [5.41, 5.74) is 0.0874. The molecule has 1 amide bonds. The lowest BCUT2D eigenvalue weighted by molar-refractivity contribution is -0.471. The number of hydrogen-bond acceptors (Lipinski definition) is 7. The van der Waals surface area contributed by atoms with Gasteiger partial charge < -0.3 is 15.1 Å². The number of aliphatic carboxylic acids is 1. The van der Waals surface area contributed by atoms with Gasteiger partial charge in [0.25, 0.3) is 5.69 Å². The quantitative estimate of drug-likeness (QED) is 0.387. The van der Waals surface area contributed by atoms with E-state index in [1.165, 1.54) is 31.2 Å². The molecule has 3 rings (SSSR count). The van der Waals surface area contributed by atoms with Crippen molar-refractivity contribution >= 4 is 17.6 Å². The zero-order valence-electron chi connectivity index (χ0n) is 14.7. The van der Waals surface area contributed by atoms with E-state index < -0.39 is 57.9 Å². The normalized spacial score (nSPS) is 24.6. The SMILES string of the molecule is CC(O)C1C(=O)N2C(C(=O)O)=C(C[N+](=O)[O-])C(Cc3ccc([N+](=O)[O-])cc3)C12. The lowest BCUT2D eigenvalue weighted by atomic mass is 9.74. The van der Waals surface area contributed by atoms with Crippen LogP contribution in [0.4, 0.5) is 5.69 Å². The molecule has 4 atom stereocenters. The van der Waals surface area contributed by atoms with Crippen LogP contribution < -0.4 is 0 Å². The van der Waals surface area contributed by atoms with E-state index in [1.54, 1.807) is 0 Å². The van der Waals surface area contributed by atoms with Gasteiger partial charge in [0.2, 0.25) is 12.5 Å². The molecule has 0 aromatic heterocycles. The summed E-state index contributed by atoms with van der Waals surface area (Å²) in [6, 6.07) is 4.85. The summed E-state index contributed by atoms with van der Waals surface area (Å²) < 4.78 is 0. The van der Waals surface area contributed by atoms with Gasteiger partial charge in [-0.2, -0.15) is 0 Å². The second-order valence-electron chi connectivity index (χ2n) is 6.87. The number of hydrogen-bond donors (Lipinski definition) is 2. The Morgan fingerprint density at radius 2 is 1.86 bits per heavy atom. The van der Waals surface area contributed by atoms with E-state index in [9.17, 15) is 40.0 Å². The second kappa shape index (κ2) is 7.00. The Balaban J connectivity index is 2.01. The first-order valence-corrected chi connectivity index (χ1v) is 8.46. The standard InChI is InChI=1S/C17H17N3O8/c1-8(21)13-14-11(6-9-2-4-10(5-3-9)20(27)28)12(7-18(25)26)15(17(23)24)19(14)16(13)22/h2-5,8,11,13-14,21H,6-7H2,1H3,(H,23,24). The van der Waals surface area contributed by atoms with Gasteiger partial charge in [0.15, 0.2) is 0 Å². The number of carboxylic acid groups (broad SMARTS) is 1. The molecule has 1 aromatic carbocycles. The van der Waals surface area contributed by atoms with Crippen molar-refractivity contribution in [3.8, 4) is 0 Å². The molecule has 0 spiro atoms. The molecular weight excluding hydrogens is 374 g/mol. The Morgan fingerprint density at radius 1 is 1.25 bits per heavy atom. The predicted octanol–water partition coefficient (Wildman–Crippen LogP) is 0.590. The summed E-state index contributed by atoms with van der Waals surface area (Å²) >= 11 is 0. The lowest BCUT2D eigenvalue weighted by Crippen LogP contribution is -2.64. The van der Waals surface area contributed by atoms with Crippen LogP contribution in [0.15, 0.2) is 35.5 Å². The van der Waals surface area contributed by atoms with Crippen molar-refractivity contribution in [1.82, 2.24) is 4.90 Å². The van der Waals surface area contributed by atoms with Crippen LogP contribution >= 0.6 is 0 Å². The van der Waals surface area contributed by atoms with Crippen LogP contribution in [0.5, 0.6) is 0 Å². The molecule has 4 unspecified atom stereocenters. The van der Waals surface area contributed by atoms with Crippen LogP contribution in [0, 0.1) is 32.1 Å². The average Bonchev–Trinajstić information content (AvgIpc) is 2.85. The van der Waals surface area contributed by atoms with Crippen molar-refractivity contribution in [3.05, 3.63) is 61.3 Å². The molecule has 1 aromatic rings. The third kappa shape index (κ3) is 3.09. The molecule has 2 aliphatic heterocycles. The van der Waals surface area contributed by atoms with E-state index in [0.717, 1.165) is 4.90 Å². The Kier molecular flexibility index (Phi) is 4.86. The minimum absolute atomic E-state index is 0.0114. The fraction of sp³-hybridized carbons (Fsp3) is 0.412.